The number of carbonyl (C=O) groups excluding carboxylic acids is 1. The highest BCUT2D eigenvalue weighted by Crippen LogP contribution is 2.17. The van der Waals surface area contributed by atoms with Gasteiger partial charge in [0.1, 0.15) is 0 Å². The minimum atomic E-state index is 0.107. The Balaban J connectivity index is 1.72. The molecule has 0 heterocycles. The van der Waals surface area contributed by atoms with Gasteiger partial charge in [0.25, 0.3) is 0 Å². The molecule has 27 heavy (non-hydrogen) atoms. The smallest absolute Gasteiger partial charge is 0.223 e. The van der Waals surface area contributed by atoms with Crippen molar-refractivity contribution in [3.8, 4) is 0 Å². The molecule has 0 fully saturated rings. The molecule has 0 spiro atoms. The van der Waals surface area contributed by atoms with Gasteiger partial charge in [-0.2, -0.15) is 0 Å². The molecule has 0 aromatic heterocycles. The monoisotopic (exact) mass is 376 g/mol. The largest absolute Gasteiger partial charge is 0.356 e. The van der Waals surface area contributed by atoms with E-state index in [1.54, 1.807) is 0 Å². The lowest BCUT2D eigenvalue weighted by molar-refractivity contribution is -0.124. The Hall–Kier alpha value is -0.790. The maximum Gasteiger partial charge on any atom is 0.223 e. The minimum absolute atomic E-state index is 0.107. The third-order valence-corrected chi connectivity index (χ3v) is 5.78. The van der Waals surface area contributed by atoms with Gasteiger partial charge in [-0.1, -0.05) is 115 Å². The van der Waals surface area contributed by atoms with Crippen LogP contribution in [-0.2, 0) is 4.79 Å². The molecule has 1 rings (SSSR count). The topological polar surface area (TPSA) is 29.1 Å². The van der Waals surface area contributed by atoms with Crippen LogP contribution in [0.2, 0.25) is 0 Å². The van der Waals surface area contributed by atoms with Crippen LogP contribution in [0.15, 0.2) is 12.2 Å². The Morgan fingerprint density at radius 1 is 0.741 bits per heavy atom. The standard InChI is InChI=1S/C25H46NO/c1-2-3-4-5-6-7-8-9-10-11-12-13-14-15-16-20-23-26-25(27)24-21-18-17-19-22-24/h17-18,22,24H,2-16,19-21,23H2,1H3,(H,26,27). The summed E-state index contributed by atoms with van der Waals surface area (Å²) >= 11 is 0. The van der Waals surface area contributed by atoms with Crippen molar-refractivity contribution in [2.75, 3.05) is 6.54 Å². The Labute approximate surface area is 170 Å². The van der Waals surface area contributed by atoms with Gasteiger partial charge in [0.05, 0.1) is 0 Å². The van der Waals surface area contributed by atoms with Crippen molar-refractivity contribution in [3.63, 3.8) is 0 Å². The van der Waals surface area contributed by atoms with Crippen molar-refractivity contribution in [2.45, 2.75) is 122 Å². The highest BCUT2D eigenvalue weighted by molar-refractivity contribution is 5.80. The SMILES string of the molecule is CCCCCCCCCCCCCCCCCCNC(=O)C1[CH]CC=CC1. The fourth-order valence-electron chi connectivity index (χ4n) is 3.91. The highest BCUT2D eigenvalue weighted by Gasteiger charge is 2.17. The lowest BCUT2D eigenvalue weighted by Gasteiger charge is -2.16. The summed E-state index contributed by atoms with van der Waals surface area (Å²) in [4.78, 5) is 12.0. The molecule has 0 saturated heterocycles. The number of carbonyl (C=O) groups is 1. The molecule has 1 amide bonds. The number of allylic oxidation sites excluding steroid dienone is 2. The van der Waals surface area contributed by atoms with Crippen LogP contribution in [-0.4, -0.2) is 12.5 Å². The Kier molecular flexibility index (Phi) is 16.7. The van der Waals surface area contributed by atoms with Crippen LogP contribution >= 0.6 is 0 Å². The summed E-state index contributed by atoms with van der Waals surface area (Å²) in [6, 6.07) is 0. The molecular formula is C25H46NO. The zero-order chi connectivity index (χ0) is 19.4. The second kappa shape index (κ2) is 18.6. The number of hydrogen-bond acceptors (Lipinski definition) is 1. The normalized spacial score (nSPS) is 16.6. The van der Waals surface area contributed by atoms with E-state index < -0.39 is 0 Å². The van der Waals surface area contributed by atoms with E-state index in [0.29, 0.717) is 0 Å². The van der Waals surface area contributed by atoms with E-state index in [1.807, 2.05) is 0 Å². The molecule has 0 aromatic carbocycles. The van der Waals surface area contributed by atoms with Crippen LogP contribution in [0.1, 0.15) is 122 Å². The first-order valence-electron chi connectivity index (χ1n) is 12.1. The van der Waals surface area contributed by atoms with Gasteiger partial charge in [0.15, 0.2) is 0 Å². The quantitative estimate of drug-likeness (QED) is 0.194. The minimum Gasteiger partial charge on any atom is -0.356 e. The predicted molar refractivity (Wildman–Crippen MR) is 119 cm³/mol. The van der Waals surface area contributed by atoms with Crippen molar-refractivity contribution >= 4 is 5.91 Å². The van der Waals surface area contributed by atoms with Crippen molar-refractivity contribution in [2.24, 2.45) is 5.92 Å². The fourth-order valence-corrected chi connectivity index (χ4v) is 3.91. The summed E-state index contributed by atoms with van der Waals surface area (Å²) in [5.74, 6) is 0.330. The molecule has 2 nitrogen and oxygen atoms in total. The Morgan fingerprint density at radius 3 is 1.67 bits per heavy atom. The molecule has 0 aromatic rings. The van der Waals surface area contributed by atoms with E-state index in [4.69, 9.17) is 0 Å². The van der Waals surface area contributed by atoms with Gasteiger partial charge in [-0.15, -0.1) is 0 Å². The number of unbranched alkanes of at least 4 members (excludes halogenated alkanes) is 15. The van der Waals surface area contributed by atoms with Gasteiger partial charge in [-0.05, 0) is 25.7 Å². The molecular weight excluding hydrogens is 330 g/mol. The molecule has 1 unspecified atom stereocenters. The molecule has 1 aliphatic carbocycles. The molecule has 0 aliphatic heterocycles. The molecule has 1 radical (unpaired) electrons. The molecule has 157 valence electrons. The molecule has 1 atom stereocenters. The lowest BCUT2D eigenvalue weighted by Crippen LogP contribution is -2.32. The first-order chi connectivity index (χ1) is 13.3. The van der Waals surface area contributed by atoms with Crippen molar-refractivity contribution in [3.05, 3.63) is 18.6 Å². The van der Waals surface area contributed by atoms with Gasteiger partial charge < -0.3 is 5.32 Å². The summed E-state index contributed by atoms with van der Waals surface area (Å²) < 4.78 is 0. The number of nitrogens with one attached hydrogen (secondary N) is 1. The number of hydrogen-bond donors (Lipinski definition) is 1. The second-order valence-electron chi connectivity index (χ2n) is 8.38. The second-order valence-corrected chi connectivity index (χ2v) is 8.38. The van der Waals surface area contributed by atoms with Crippen LogP contribution in [0.5, 0.6) is 0 Å². The lowest BCUT2D eigenvalue weighted by atomic mass is 9.93. The van der Waals surface area contributed by atoms with Crippen LogP contribution < -0.4 is 5.32 Å². The van der Waals surface area contributed by atoms with Gasteiger partial charge >= 0.3 is 0 Å². The molecule has 0 bridgehead atoms. The van der Waals surface area contributed by atoms with E-state index in [0.717, 1.165) is 25.8 Å². The van der Waals surface area contributed by atoms with E-state index >= 15 is 0 Å². The Bertz CT molecular complexity index is 363. The molecule has 1 N–H and O–H groups in total. The maximum absolute atomic E-state index is 12.0. The summed E-state index contributed by atoms with van der Waals surface area (Å²) in [6.45, 7) is 3.14. The predicted octanol–water partition coefficient (Wildman–Crippen LogP) is 7.53. The first kappa shape index (κ1) is 24.2. The Morgan fingerprint density at radius 2 is 1.22 bits per heavy atom. The van der Waals surface area contributed by atoms with Gasteiger partial charge in [-0.25, -0.2) is 0 Å². The van der Waals surface area contributed by atoms with Crippen LogP contribution in [0.3, 0.4) is 0 Å². The average molecular weight is 377 g/mol. The van der Waals surface area contributed by atoms with Crippen molar-refractivity contribution in [1.29, 1.82) is 0 Å². The van der Waals surface area contributed by atoms with Gasteiger partial charge in [-0.3, -0.25) is 4.79 Å². The number of rotatable bonds is 18. The van der Waals surface area contributed by atoms with Crippen LogP contribution in [0.4, 0.5) is 0 Å². The van der Waals surface area contributed by atoms with Crippen molar-refractivity contribution < 1.29 is 4.79 Å². The molecule has 2 heteroatoms. The van der Waals surface area contributed by atoms with E-state index in [-0.39, 0.29) is 11.8 Å². The summed E-state index contributed by atoms with van der Waals surface area (Å²) in [6.07, 6.45) is 30.5. The van der Waals surface area contributed by atoms with E-state index in [2.05, 4.69) is 30.8 Å². The summed E-state index contributed by atoms with van der Waals surface area (Å²) in [5, 5.41) is 3.10. The summed E-state index contributed by atoms with van der Waals surface area (Å²) in [5.41, 5.74) is 0. The third kappa shape index (κ3) is 14.9. The molecule has 0 saturated carbocycles. The van der Waals surface area contributed by atoms with Gasteiger partial charge in [0.2, 0.25) is 5.91 Å². The van der Waals surface area contributed by atoms with Crippen molar-refractivity contribution in [1.82, 2.24) is 5.32 Å². The molecule has 1 aliphatic rings. The third-order valence-electron chi connectivity index (χ3n) is 5.78. The highest BCUT2D eigenvalue weighted by atomic mass is 16.1. The summed E-state index contributed by atoms with van der Waals surface area (Å²) in [7, 11) is 0. The fraction of sp³-hybridized carbons (Fsp3) is 0.840. The van der Waals surface area contributed by atoms with Gasteiger partial charge in [0, 0.05) is 12.5 Å². The van der Waals surface area contributed by atoms with Crippen LogP contribution in [0.25, 0.3) is 0 Å². The van der Waals surface area contributed by atoms with E-state index in [1.165, 1.54) is 96.3 Å². The van der Waals surface area contributed by atoms with E-state index in [9.17, 15) is 4.79 Å². The number of amides is 1. The first-order valence-corrected chi connectivity index (χ1v) is 12.1. The average Bonchev–Trinajstić information content (AvgIpc) is 2.70. The zero-order valence-corrected chi connectivity index (χ0v) is 18.2. The zero-order valence-electron chi connectivity index (χ0n) is 18.2. The maximum atomic E-state index is 12.0. The van der Waals surface area contributed by atoms with Crippen LogP contribution in [0, 0.1) is 12.3 Å².